The number of hydrogen-bond acceptors (Lipinski definition) is 35. The molecule has 0 bridgehead atoms. The molecule has 0 aromatic carbocycles. The van der Waals surface area contributed by atoms with Gasteiger partial charge < -0.3 is 76.9 Å². The molecule has 5 aliphatic heterocycles. The zero-order chi connectivity index (χ0) is 93.8. The summed E-state index contributed by atoms with van der Waals surface area (Å²) in [5.41, 5.74) is 44.8. The first-order chi connectivity index (χ1) is 60.5. The Labute approximate surface area is 767 Å². The quantitative estimate of drug-likeness (QED) is 0.0529. The van der Waals surface area contributed by atoms with Crippen molar-refractivity contribution in [3.8, 4) is 28.7 Å². The van der Waals surface area contributed by atoms with E-state index in [1.807, 2.05) is 135 Å². The first-order valence-corrected chi connectivity index (χ1v) is 42.9. The van der Waals surface area contributed by atoms with Crippen LogP contribution in [-0.4, -0.2) is 172 Å². The summed E-state index contributed by atoms with van der Waals surface area (Å²) < 4.78 is 27.3. The number of fused-ring (bicyclic) bond motifs is 5. The molecule has 0 amide bonds. The summed E-state index contributed by atoms with van der Waals surface area (Å²) in [6, 6.07) is 0. The number of hydrogen-bond donors (Lipinski definition) is 5. The number of rotatable bonds is 17. The van der Waals surface area contributed by atoms with E-state index in [2.05, 4.69) is 74.8 Å². The first kappa shape index (κ1) is 96.6. The molecule has 0 fully saturated rings. The lowest BCUT2D eigenvalue weighted by atomic mass is 9.78. The van der Waals surface area contributed by atoms with Crippen LogP contribution in [0, 0.1) is 75.2 Å². The van der Waals surface area contributed by atoms with Crippen LogP contribution in [0.15, 0.2) is 31.0 Å². The minimum Gasteiger partial charge on any atom is -0.496 e. The first-order valence-electron chi connectivity index (χ1n) is 41.0. The Kier molecular flexibility index (Phi) is 30.3. The average molecular weight is 1850 g/mol. The number of ether oxygens (including phenoxy) is 5. The van der Waals surface area contributed by atoms with E-state index in [0.29, 0.717) is 96.1 Å². The van der Waals surface area contributed by atoms with Crippen LogP contribution in [0.25, 0.3) is 0 Å². The van der Waals surface area contributed by atoms with Crippen molar-refractivity contribution in [2.75, 3.05) is 121 Å². The molecule has 15 rings (SSSR count). The molecule has 0 spiro atoms. The number of aromatic nitrogens is 15. The molecule has 0 aliphatic carbocycles. The maximum atomic E-state index is 12.9. The van der Waals surface area contributed by atoms with E-state index in [0.717, 1.165) is 113 Å². The third-order valence-corrected chi connectivity index (χ3v) is 24.7. The van der Waals surface area contributed by atoms with Gasteiger partial charge in [0.2, 0.25) is 29.7 Å². The molecular formula is C88H106Cl5N25O10. The molecule has 678 valence electrons. The Morgan fingerprint density at radius 3 is 1.05 bits per heavy atom. The van der Waals surface area contributed by atoms with Crippen molar-refractivity contribution in [2.24, 2.45) is 5.92 Å². The molecule has 15 heterocycles. The van der Waals surface area contributed by atoms with Gasteiger partial charge in [-0.25, -0.2) is 24.9 Å². The predicted molar refractivity (Wildman–Crippen MR) is 495 cm³/mol. The molecule has 128 heavy (non-hydrogen) atoms. The van der Waals surface area contributed by atoms with Gasteiger partial charge in [-0.05, 0) is 95.4 Å². The van der Waals surface area contributed by atoms with Gasteiger partial charge >= 0.3 is 0 Å². The summed E-state index contributed by atoms with van der Waals surface area (Å²) in [6.07, 6.45) is 9.68. The lowest BCUT2D eigenvalue weighted by Gasteiger charge is -2.38. The average Bonchev–Trinajstić information content (AvgIpc) is 0.750. The molecule has 0 saturated carbocycles. The second kappa shape index (κ2) is 40.1. The summed E-state index contributed by atoms with van der Waals surface area (Å²) in [6.45, 7) is 34.0. The zero-order valence-corrected chi connectivity index (χ0v) is 79.3. The second-order valence-corrected chi connectivity index (χ2v) is 34.4. The number of carbonyl (C=O) groups excluding carboxylic acids is 5. The highest BCUT2D eigenvalue weighted by Crippen LogP contribution is 2.46. The number of nitrogen functional groups attached to an aromatic ring is 5. The van der Waals surface area contributed by atoms with Gasteiger partial charge in [0.1, 0.15) is 83.6 Å². The standard InChI is InChI=1S/C19H24ClN5O2.2C18H22ClN5O2.C17H20ClN5O2.C16H18ClN5O2/c1-9(2)14-13(26)8-25(18-15(14)17(20)23-19(21)24-18)7-12-11(4)16(27-5)10(3)6-22-12;1-9-6-21-11(10(2)14(9)26-5)7-24-8-12(25)18(3,4)13-15(19)22-17(20)23-16(13)24;1-5-11-13(25)8-24(17-14(11)16(19)22-18(20)23-17)7-12-10(3)15(26-4)9(2)6-21-12;1-8-5-20-11(9(2)14(8)25-4)6-23-7-12(24)10(3)13-15(18)21-17(19)22-16(13)23;1-8-5-19-12(9(2)13(8)24-3)7-22-6-10(23)4-11-14(17)20-16(18)21-15(11)22/h6,9,14H,7-8H2,1-5H3,(H2,21,23,24);6H,7-8H2,1-5H3,(H2,20,22,23);6,11H,5,7-8H2,1-4H3,(H2,20,22,23);5,10H,6-7H2,1-4H3,(H2,19,21,22);5H,4,6-7H2,1-3H3,(H2,18,20,21). The molecule has 3 atom stereocenters. The number of aryl methyl sites for hydroxylation is 5. The molecule has 0 saturated heterocycles. The Balaban J connectivity index is 0.000000155. The van der Waals surface area contributed by atoms with Crippen LogP contribution in [0.4, 0.5) is 58.8 Å². The lowest BCUT2D eigenvalue weighted by Crippen LogP contribution is -2.46. The predicted octanol–water partition coefficient (Wildman–Crippen LogP) is 12.8. The highest BCUT2D eigenvalue weighted by Gasteiger charge is 2.44. The molecule has 5 aliphatic rings. The van der Waals surface area contributed by atoms with Crippen molar-refractivity contribution in [1.82, 2.24) is 74.8 Å². The van der Waals surface area contributed by atoms with Crippen molar-refractivity contribution < 1.29 is 47.7 Å². The number of anilines is 10. The maximum absolute atomic E-state index is 12.9. The van der Waals surface area contributed by atoms with Gasteiger partial charge in [-0.2, -0.15) is 24.9 Å². The van der Waals surface area contributed by atoms with E-state index in [-0.39, 0.29) is 147 Å². The number of carbonyl (C=O) groups is 5. The fourth-order valence-electron chi connectivity index (χ4n) is 16.7. The molecule has 10 N–H and O–H groups in total. The Hall–Kier alpha value is -12.1. The van der Waals surface area contributed by atoms with Crippen LogP contribution in [0.1, 0.15) is 178 Å². The SMILES string of the molecule is CCC1C(=O)CN(Cc2ncc(C)c(OC)c2C)c2nc(N)nc(Cl)c21.COc1c(C)cnc(CN2CC(=O)C(C(C)C)c3c(Cl)nc(N)nc32)c1C.COc1c(C)cnc(CN2CC(=O)C(C)(C)c3c(Cl)nc(N)nc32)c1C.COc1c(C)cnc(CN2CC(=O)C(C)c3c(Cl)nc(N)nc32)c1C.COc1c(C)cnc(CN2CC(=O)Cc3c(Cl)nc(N)nc32)c1C. The van der Waals surface area contributed by atoms with Gasteiger partial charge in [-0.1, -0.05) is 85.7 Å². The molecular weight excluding hydrogens is 1740 g/mol. The fourth-order valence-corrected chi connectivity index (χ4v) is 18.2. The highest BCUT2D eigenvalue weighted by atomic mass is 35.5. The largest absolute Gasteiger partial charge is 0.496 e. The van der Waals surface area contributed by atoms with E-state index in [1.165, 1.54) is 0 Å². The van der Waals surface area contributed by atoms with Crippen LogP contribution < -0.4 is 76.9 Å². The van der Waals surface area contributed by atoms with Gasteiger partial charge in [-0.3, -0.25) is 48.9 Å². The topological polar surface area (TPSA) is 471 Å². The van der Waals surface area contributed by atoms with E-state index in [4.69, 9.17) is 110 Å². The third kappa shape index (κ3) is 20.1. The summed E-state index contributed by atoms with van der Waals surface area (Å²) in [7, 11) is 8.17. The summed E-state index contributed by atoms with van der Waals surface area (Å²) in [5.74, 6) is 6.76. The smallest absolute Gasteiger partial charge is 0.223 e. The van der Waals surface area contributed by atoms with Gasteiger partial charge in [0.15, 0.2) is 28.9 Å². The lowest BCUT2D eigenvalue weighted by molar-refractivity contribution is -0.123. The Morgan fingerprint density at radius 2 is 0.688 bits per heavy atom. The van der Waals surface area contributed by atoms with Gasteiger partial charge in [0.25, 0.3) is 0 Å². The van der Waals surface area contributed by atoms with Crippen molar-refractivity contribution in [3.63, 3.8) is 0 Å². The summed E-state index contributed by atoms with van der Waals surface area (Å²) in [4.78, 5) is 136. The number of halogens is 5. The van der Waals surface area contributed by atoms with Crippen molar-refractivity contribution in [1.29, 1.82) is 0 Å². The second-order valence-electron chi connectivity index (χ2n) is 32.7. The van der Waals surface area contributed by atoms with Gasteiger partial charge in [0, 0.05) is 127 Å². The molecule has 10 aromatic rings. The monoisotopic (exact) mass is 1850 g/mol. The van der Waals surface area contributed by atoms with Crippen LogP contribution in [0.3, 0.4) is 0 Å². The van der Waals surface area contributed by atoms with Gasteiger partial charge in [-0.15, -0.1) is 0 Å². The van der Waals surface area contributed by atoms with E-state index < -0.39 is 5.41 Å². The number of pyridine rings is 5. The highest BCUT2D eigenvalue weighted by molar-refractivity contribution is 6.33. The van der Waals surface area contributed by atoms with E-state index in [9.17, 15) is 24.0 Å². The number of nitrogens with zero attached hydrogens (tertiary/aromatic N) is 20. The molecule has 10 aromatic heterocycles. The van der Waals surface area contributed by atoms with Crippen LogP contribution in [-0.2, 0) is 68.5 Å². The Morgan fingerprint density at radius 1 is 0.391 bits per heavy atom. The number of methoxy groups -OCH3 is 5. The zero-order valence-electron chi connectivity index (χ0n) is 75.5. The summed E-state index contributed by atoms with van der Waals surface area (Å²) in [5, 5.41) is 1.13. The van der Waals surface area contributed by atoms with Gasteiger partial charge in [0.05, 0.1) is 147 Å². The van der Waals surface area contributed by atoms with Crippen molar-refractivity contribution in [3.05, 3.63) is 169 Å². The number of Topliss-reactive ketones (excluding diaryl/α,β-unsaturated/α-hetero) is 5. The number of ketones is 5. The van der Waals surface area contributed by atoms with E-state index in [1.54, 1.807) is 66.5 Å². The summed E-state index contributed by atoms with van der Waals surface area (Å²) >= 11 is 31.4. The minimum absolute atomic E-state index is 0.0389. The van der Waals surface area contributed by atoms with Crippen LogP contribution in [0.2, 0.25) is 25.8 Å². The van der Waals surface area contributed by atoms with E-state index >= 15 is 0 Å². The molecule has 0 radical (unpaired) electrons. The number of nitrogens with two attached hydrogens (primary N) is 5. The molecule has 35 nitrogen and oxygen atoms in total. The third-order valence-electron chi connectivity index (χ3n) is 23.3. The molecule has 40 heteroatoms. The fraction of sp³-hybridized carbons (Fsp3) is 0.432. The van der Waals surface area contributed by atoms with Crippen molar-refractivity contribution >= 4 is 146 Å². The minimum atomic E-state index is -0.774. The van der Waals surface area contributed by atoms with Crippen LogP contribution >= 0.6 is 58.0 Å². The van der Waals surface area contributed by atoms with Crippen molar-refractivity contribution in [2.45, 2.75) is 180 Å². The van der Waals surface area contributed by atoms with Crippen LogP contribution in [0.5, 0.6) is 28.7 Å². The maximum Gasteiger partial charge on any atom is 0.223 e. The molecule has 3 unspecified atom stereocenters. The normalized spacial score (nSPS) is 15.9. The Bertz CT molecular complexity index is 6010.